The van der Waals surface area contributed by atoms with Crippen molar-refractivity contribution in [3.63, 3.8) is 0 Å². The Balaban J connectivity index is 1.76. The molecule has 1 saturated carbocycles. The summed E-state index contributed by atoms with van der Waals surface area (Å²) < 4.78 is 68.8. The Labute approximate surface area is 226 Å². The topological polar surface area (TPSA) is 62.7 Å². The molecule has 2 aliphatic rings. The van der Waals surface area contributed by atoms with Crippen LogP contribution in [0.3, 0.4) is 0 Å². The highest BCUT2D eigenvalue weighted by molar-refractivity contribution is 9.10. The van der Waals surface area contributed by atoms with Crippen LogP contribution in [0.1, 0.15) is 58.0 Å². The zero-order valence-electron chi connectivity index (χ0n) is 23.1. The molecule has 0 radical (unpaired) electrons. The first-order chi connectivity index (χ1) is 18.5. The fraction of sp³-hybridized carbons (Fsp3) is 0.333. The summed E-state index contributed by atoms with van der Waals surface area (Å²) in [4.78, 5) is 19.5. The highest BCUT2D eigenvalue weighted by atomic mass is 79.9. The van der Waals surface area contributed by atoms with E-state index in [1.165, 1.54) is 35.4 Å². The van der Waals surface area contributed by atoms with Crippen molar-refractivity contribution >= 4 is 33.4 Å². The lowest BCUT2D eigenvalue weighted by atomic mass is 9.91. The Morgan fingerprint density at radius 1 is 1.22 bits per heavy atom. The number of amides is 1. The number of rotatable bonds is 8. The Morgan fingerprint density at radius 3 is 2.53 bits per heavy atom. The van der Waals surface area contributed by atoms with Crippen molar-refractivity contribution in [2.45, 2.75) is 38.0 Å². The maximum Gasteiger partial charge on any atom is 0.270 e. The number of alkyl halides is 2. The van der Waals surface area contributed by atoms with Crippen LogP contribution in [0.5, 0.6) is 0 Å². The molecule has 1 unspecified atom stereocenters. The second-order valence-corrected chi connectivity index (χ2v) is 10.4. The lowest BCUT2D eigenvalue weighted by Gasteiger charge is -2.40. The van der Waals surface area contributed by atoms with Crippen molar-refractivity contribution in [2.75, 3.05) is 13.1 Å². The molecule has 5 nitrogen and oxygen atoms in total. The van der Waals surface area contributed by atoms with Crippen LogP contribution < -0.4 is 0 Å². The molecule has 1 aliphatic heterocycles. The quantitative estimate of drug-likeness (QED) is 0.341. The van der Waals surface area contributed by atoms with Gasteiger partial charge >= 0.3 is 0 Å². The summed E-state index contributed by atoms with van der Waals surface area (Å²) in [5.74, 6) is -3.71. The van der Waals surface area contributed by atoms with Gasteiger partial charge in [-0.1, -0.05) is 57.9 Å². The smallest absolute Gasteiger partial charge is 0.270 e. The van der Waals surface area contributed by atoms with Crippen molar-refractivity contribution in [2.24, 2.45) is 5.41 Å². The van der Waals surface area contributed by atoms with E-state index in [9.17, 15) is 18.7 Å². The molecule has 9 heteroatoms. The molecule has 188 valence electrons. The van der Waals surface area contributed by atoms with Gasteiger partial charge in [0.15, 0.2) is 5.72 Å². The first-order valence-electron chi connectivity index (χ1n) is 13.2. The minimum atomic E-state index is -3.16. The number of carbonyl (C=O) groups is 1. The molecule has 0 saturated heterocycles. The highest BCUT2D eigenvalue weighted by Gasteiger charge is 2.55. The molecule has 0 bridgehead atoms. The van der Waals surface area contributed by atoms with Gasteiger partial charge in [-0.25, -0.2) is 8.78 Å². The number of hydrogen-bond acceptors (Lipinski definition) is 4. The van der Waals surface area contributed by atoms with Crippen molar-refractivity contribution < 1.29 is 28.9 Å². The van der Waals surface area contributed by atoms with Gasteiger partial charge in [0.2, 0.25) is 0 Å². The second kappa shape index (κ2) is 9.17. The summed E-state index contributed by atoms with van der Waals surface area (Å²) in [7, 11) is 0. The molecule has 1 amide bonds. The van der Waals surface area contributed by atoms with Crippen molar-refractivity contribution in [1.29, 1.82) is 0 Å². The van der Waals surface area contributed by atoms with E-state index in [0.29, 0.717) is 15.2 Å². The summed E-state index contributed by atoms with van der Waals surface area (Å²) in [5.41, 5.74) is -3.33. The number of carbonyl (C=O) groups excluding carboxylic acids is 1. The number of benzene rings is 2. The first-order valence-corrected chi connectivity index (χ1v) is 12.3. The molecule has 1 atom stereocenters. The molecule has 1 fully saturated rings. The van der Waals surface area contributed by atoms with E-state index in [2.05, 4.69) is 20.9 Å². The van der Waals surface area contributed by atoms with Crippen LogP contribution in [0, 0.1) is 5.41 Å². The van der Waals surface area contributed by atoms with Crippen LogP contribution in [0.15, 0.2) is 65.3 Å². The van der Waals surface area contributed by atoms with Gasteiger partial charge in [0.25, 0.3) is 11.8 Å². The summed E-state index contributed by atoms with van der Waals surface area (Å²) >= 11 is 9.36. The summed E-state index contributed by atoms with van der Waals surface area (Å²) in [5, 5.41) is 10.7. The van der Waals surface area contributed by atoms with Gasteiger partial charge in [-0.05, 0) is 37.1 Å². The highest BCUT2D eigenvalue weighted by Crippen LogP contribution is 2.51. The van der Waals surface area contributed by atoms with Crippen LogP contribution in [0.25, 0.3) is 0 Å². The number of hydrogen-bond donors (Lipinski definition) is 1. The zero-order valence-corrected chi connectivity index (χ0v) is 21.4. The zero-order chi connectivity index (χ0) is 29.3. The lowest BCUT2D eigenvalue weighted by Crippen LogP contribution is -2.47. The summed E-state index contributed by atoms with van der Waals surface area (Å²) in [6.45, 7) is -5.21. The summed E-state index contributed by atoms with van der Waals surface area (Å²) in [6.07, 6.45) is 1.36. The van der Waals surface area contributed by atoms with E-state index in [1.54, 1.807) is 30.3 Å². The molecule has 1 aliphatic carbocycles. The van der Waals surface area contributed by atoms with E-state index >= 15 is 0 Å². The van der Waals surface area contributed by atoms with E-state index in [4.69, 9.17) is 21.8 Å². The third-order valence-corrected chi connectivity index (χ3v) is 7.17. The first kappa shape index (κ1) is 20.6. The number of fused-ring (bicyclic) bond motifs is 1. The fourth-order valence-corrected chi connectivity index (χ4v) is 4.74. The van der Waals surface area contributed by atoms with Crippen molar-refractivity contribution in [3.8, 4) is 0 Å². The predicted octanol–water partition coefficient (Wildman–Crippen LogP) is 6.26. The average Bonchev–Trinajstić information content (AvgIpc) is 3.67. The van der Waals surface area contributed by atoms with Gasteiger partial charge in [0, 0.05) is 45.3 Å². The Hall–Kier alpha value is -2.39. The fourth-order valence-electron chi connectivity index (χ4n) is 4.27. The average molecular weight is 582 g/mol. The molecule has 0 spiro atoms. The number of ether oxygens (including phenoxy) is 1. The second-order valence-electron chi connectivity index (χ2n) is 9.06. The lowest BCUT2D eigenvalue weighted by molar-refractivity contribution is -0.129. The van der Waals surface area contributed by atoms with Crippen LogP contribution in [0.2, 0.25) is 5.02 Å². The Kier molecular flexibility index (Phi) is 5.26. The third kappa shape index (κ3) is 4.45. The van der Waals surface area contributed by atoms with Gasteiger partial charge in [-0.2, -0.15) is 0 Å². The van der Waals surface area contributed by atoms with Gasteiger partial charge in [-0.3, -0.25) is 14.7 Å². The van der Waals surface area contributed by atoms with Gasteiger partial charge in [0.1, 0.15) is 0 Å². The van der Waals surface area contributed by atoms with Crippen molar-refractivity contribution in [3.05, 3.63) is 98.2 Å². The largest absolute Gasteiger partial charge is 0.396 e. The van der Waals surface area contributed by atoms with Crippen LogP contribution in [0.4, 0.5) is 8.78 Å². The molecule has 1 aromatic heterocycles. The van der Waals surface area contributed by atoms with E-state index in [0.717, 1.165) is 6.92 Å². The molecule has 1 N–H and O–H groups in total. The minimum Gasteiger partial charge on any atom is -0.396 e. The number of pyridine rings is 1. The van der Waals surface area contributed by atoms with Crippen molar-refractivity contribution in [1.82, 2.24) is 9.88 Å². The van der Waals surface area contributed by atoms with Gasteiger partial charge < -0.3 is 9.84 Å². The van der Waals surface area contributed by atoms with E-state index < -0.39 is 36.1 Å². The molecule has 3 aromatic rings. The molecule has 2 heterocycles. The van der Waals surface area contributed by atoms with Crippen LogP contribution in [-0.4, -0.2) is 34.0 Å². The Bertz CT molecular complexity index is 1460. The minimum absolute atomic E-state index is 0.0134. The normalized spacial score (nSPS) is 22.9. The third-order valence-electron chi connectivity index (χ3n) is 6.45. The molecular formula is C27H24BrClF2N2O3. The SMILES string of the molecule is [2H]C([2H])(O)C1(C([2H])([2H])OC2(c3ccc(C(C)(F)F)cc3)c3ccc(Br)cc3C(=O)N2Cc2ccc(Cl)cn2)CC1. The van der Waals surface area contributed by atoms with Gasteiger partial charge in [0.05, 0.1) is 35.9 Å². The van der Waals surface area contributed by atoms with E-state index in [-0.39, 0.29) is 41.6 Å². The summed E-state index contributed by atoms with van der Waals surface area (Å²) in [6, 6.07) is 12.9. The molecular weight excluding hydrogens is 554 g/mol. The van der Waals surface area contributed by atoms with Crippen LogP contribution in [-0.2, 0) is 22.9 Å². The molecule has 36 heavy (non-hydrogen) atoms. The standard InChI is InChI=1S/C27H24BrClF2N2O3/c1-25(30,31)17-2-4-18(5-3-17)27(36-16-26(15-34)10-11-26)23-9-6-19(28)12-22(23)24(35)33(27)14-21-8-7-20(29)13-32-21/h2-9,12-13,34H,10-11,14-16H2,1H3/i15D2,16D2. The number of halogens is 4. The van der Waals surface area contributed by atoms with E-state index in [1.807, 2.05) is 0 Å². The van der Waals surface area contributed by atoms with Crippen LogP contribution >= 0.6 is 27.5 Å². The number of nitrogens with zero attached hydrogens (tertiary/aromatic N) is 2. The maximum atomic E-state index is 14.1. The maximum absolute atomic E-state index is 14.1. The molecule has 2 aromatic carbocycles. The predicted molar refractivity (Wildman–Crippen MR) is 135 cm³/mol. The Morgan fingerprint density at radius 2 is 1.94 bits per heavy atom. The number of aromatic nitrogens is 1. The monoisotopic (exact) mass is 580 g/mol. The number of aliphatic hydroxyl groups is 1. The van der Waals surface area contributed by atoms with Gasteiger partial charge in [-0.15, -0.1) is 0 Å². The molecule has 5 rings (SSSR count).